The minimum atomic E-state index is -0.367. The molecule has 7 nitrogen and oxygen atoms in total. The fraction of sp³-hybridized carbons (Fsp3) is 0.643. The number of carbonyl (C=O) groups is 1. The van der Waals surface area contributed by atoms with Crippen molar-refractivity contribution in [2.45, 2.75) is 12.8 Å². The van der Waals surface area contributed by atoms with Gasteiger partial charge in [0.05, 0.1) is 29.1 Å². The summed E-state index contributed by atoms with van der Waals surface area (Å²) in [5, 5.41) is 11.8. The van der Waals surface area contributed by atoms with Gasteiger partial charge in [-0.3, -0.25) is 14.9 Å². The van der Waals surface area contributed by atoms with Crippen LogP contribution in [0, 0.1) is 16.0 Å². The molecule has 0 N–H and O–H groups in total. The molecule has 2 aliphatic rings. The Hall–Kier alpha value is -1.67. The van der Waals surface area contributed by atoms with Crippen molar-refractivity contribution in [1.29, 1.82) is 0 Å². The molecule has 1 aromatic heterocycles. The Morgan fingerprint density at radius 3 is 2.77 bits per heavy atom. The van der Waals surface area contributed by atoms with Crippen molar-refractivity contribution < 1.29 is 14.5 Å². The molecule has 120 valence electrons. The third-order valence-corrected chi connectivity index (χ3v) is 5.26. The van der Waals surface area contributed by atoms with Gasteiger partial charge >= 0.3 is 5.00 Å². The maximum atomic E-state index is 12.6. The van der Waals surface area contributed by atoms with E-state index < -0.39 is 0 Å². The summed E-state index contributed by atoms with van der Waals surface area (Å²) < 4.78 is 5.29. The second-order valence-corrected chi connectivity index (χ2v) is 6.63. The zero-order chi connectivity index (χ0) is 15.5. The van der Waals surface area contributed by atoms with Gasteiger partial charge in [-0.1, -0.05) is 0 Å². The summed E-state index contributed by atoms with van der Waals surface area (Å²) in [6.45, 7) is 4.05. The molecule has 1 amide bonds. The molecule has 0 saturated carbocycles. The summed E-state index contributed by atoms with van der Waals surface area (Å²) in [4.78, 5) is 27.0. The Morgan fingerprint density at radius 2 is 2.09 bits per heavy atom. The summed E-state index contributed by atoms with van der Waals surface area (Å²) in [5.41, 5.74) is 0. The number of carbonyl (C=O) groups excluding carboxylic acids is 1. The molecule has 0 radical (unpaired) electrons. The number of rotatable bonds is 3. The van der Waals surface area contributed by atoms with Gasteiger partial charge < -0.3 is 14.5 Å². The van der Waals surface area contributed by atoms with Gasteiger partial charge in [-0.15, -0.1) is 0 Å². The van der Waals surface area contributed by atoms with Crippen molar-refractivity contribution in [1.82, 2.24) is 4.90 Å². The van der Waals surface area contributed by atoms with Gasteiger partial charge in [0.1, 0.15) is 0 Å². The van der Waals surface area contributed by atoms with Gasteiger partial charge in [-0.2, -0.15) is 0 Å². The van der Waals surface area contributed by atoms with E-state index in [1.54, 1.807) is 6.07 Å². The Bertz CT molecular complexity index is 556. The Labute approximate surface area is 132 Å². The van der Waals surface area contributed by atoms with E-state index in [-0.39, 0.29) is 21.7 Å². The van der Waals surface area contributed by atoms with Crippen LogP contribution in [0.15, 0.2) is 12.1 Å². The first kappa shape index (κ1) is 15.2. The Balaban J connectivity index is 1.65. The van der Waals surface area contributed by atoms with Gasteiger partial charge in [0.15, 0.2) is 0 Å². The molecule has 2 saturated heterocycles. The molecule has 3 rings (SSSR count). The lowest BCUT2D eigenvalue weighted by atomic mass is 9.96. The molecular formula is C14H19N3O4S. The fourth-order valence-corrected chi connectivity index (χ4v) is 3.86. The molecule has 2 aliphatic heterocycles. The maximum absolute atomic E-state index is 12.6. The van der Waals surface area contributed by atoms with Crippen LogP contribution in [-0.2, 0) is 9.53 Å². The Kier molecular flexibility index (Phi) is 4.58. The molecule has 0 unspecified atom stereocenters. The van der Waals surface area contributed by atoms with Crippen molar-refractivity contribution in [3.63, 3.8) is 0 Å². The monoisotopic (exact) mass is 325 g/mol. The molecule has 0 aliphatic carbocycles. The van der Waals surface area contributed by atoms with Gasteiger partial charge in [0.25, 0.3) is 0 Å². The molecule has 2 fully saturated rings. The summed E-state index contributed by atoms with van der Waals surface area (Å²) in [7, 11) is 0. The van der Waals surface area contributed by atoms with Crippen LogP contribution < -0.4 is 4.90 Å². The zero-order valence-electron chi connectivity index (χ0n) is 12.3. The molecule has 0 spiro atoms. The van der Waals surface area contributed by atoms with Gasteiger partial charge in [-0.05, 0) is 30.2 Å². The average molecular weight is 325 g/mol. The highest BCUT2D eigenvalue weighted by Gasteiger charge is 2.31. The standard InChI is InChI=1S/C14H19N3O4S/c18-14(15-6-8-21-9-7-15)11-2-1-5-16(10-11)12-3-4-13(22-12)17(19)20/h3-4,11H,1-2,5-10H2/t11-/m1/s1. The zero-order valence-corrected chi connectivity index (χ0v) is 13.1. The summed E-state index contributed by atoms with van der Waals surface area (Å²) in [5.74, 6) is 0.173. The number of ether oxygens (including phenoxy) is 1. The molecule has 3 heterocycles. The molecule has 22 heavy (non-hydrogen) atoms. The third-order valence-electron chi connectivity index (χ3n) is 4.16. The lowest BCUT2D eigenvalue weighted by Crippen LogP contribution is -2.48. The minimum Gasteiger partial charge on any atom is -0.378 e. The van der Waals surface area contributed by atoms with Gasteiger partial charge in [0, 0.05) is 32.2 Å². The normalized spacial score (nSPS) is 22.6. The topological polar surface area (TPSA) is 75.9 Å². The third kappa shape index (κ3) is 3.22. The van der Waals surface area contributed by atoms with Crippen LogP contribution in [0.2, 0.25) is 0 Å². The highest BCUT2D eigenvalue weighted by molar-refractivity contribution is 7.19. The van der Waals surface area contributed by atoms with Crippen LogP contribution >= 0.6 is 11.3 Å². The number of morpholine rings is 1. The van der Waals surface area contributed by atoms with E-state index in [9.17, 15) is 14.9 Å². The summed E-state index contributed by atoms with van der Waals surface area (Å²) in [6, 6.07) is 3.32. The van der Waals surface area contributed by atoms with E-state index in [4.69, 9.17) is 4.74 Å². The summed E-state index contributed by atoms with van der Waals surface area (Å²) >= 11 is 1.18. The van der Waals surface area contributed by atoms with Crippen molar-refractivity contribution in [3.8, 4) is 0 Å². The second kappa shape index (κ2) is 6.62. The highest BCUT2D eigenvalue weighted by Crippen LogP contribution is 2.34. The quantitative estimate of drug-likeness (QED) is 0.625. The maximum Gasteiger partial charge on any atom is 0.326 e. The van der Waals surface area contributed by atoms with E-state index in [0.29, 0.717) is 32.8 Å². The van der Waals surface area contributed by atoms with Crippen molar-refractivity contribution in [2.24, 2.45) is 5.92 Å². The van der Waals surface area contributed by atoms with Crippen LogP contribution in [0.1, 0.15) is 12.8 Å². The van der Waals surface area contributed by atoms with E-state index in [2.05, 4.69) is 4.90 Å². The SMILES string of the molecule is O=C([C@@H]1CCCN(c2ccc([N+](=O)[O-])s2)C1)N1CCOCC1. The van der Waals surface area contributed by atoms with E-state index >= 15 is 0 Å². The van der Waals surface area contributed by atoms with Crippen LogP contribution in [0.5, 0.6) is 0 Å². The smallest absolute Gasteiger partial charge is 0.326 e. The number of nitro groups is 1. The first-order chi connectivity index (χ1) is 10.6. The Morgan fingerprint density at radius 1 is 1.32 bits per heavy atom. The highest BCUT2D eigenvalue weighted by atomic mass is 32.1. The lowest BCUT2D eigenvalue weighted by molar-refractivity contribution is -0.380. The van der Waals surface area contributed by atoms with Crippen molar-refractivity contribution in [3.05, 3.63) is 22.2 Å². The van der Waals surface area contributed by atoms with Gasteiger partial charge in [0.2, 0.25) is 5.91 Å². The first-order valence-electron chi connectivity index (χ1n) is 7.51. The molecular weight excluding hydrogens is 306 g/mol. The van der Waals surface area contributed by atoms with Crippen LogP contribution in [-0.4, -0.2) is 55.1 Å². The van der Waals surface area contributed by atoms with Gasteiger partial charge in [-0.25, -0.2) is 0 Å². The number of piperidine rings is 1. The number of thiophene rings is 1. The van der Waals surface area contributed by atoms with E-state index in [1.807, 2.05) is 4.90 Å². The number of hydrogen-bond acceptors (Lipinski definition) is 6. The van der Waals surface area contributed by atoms with E-state index in [0.717, 1.165) is 24.4 Å². The van der Waals surface area contributed by atoms with Crippen LogP contribution in [0.25, 0.3) is 0 Å². The molecule has 0 aromatic carbocycles. The minimum absolute atomic E-state index is 0.0204. The summed E-state index contributed by atoms with van der Waals surface area (Å²) in [6.07, 6.45) is 1.83. The molecule has 0 bridgehead atoms. The number of hydrogen-bond donors (Lipinski definition) is 0. The first-order valence-corrected chi connectivity index (χ1v) is 8.32. The molecule has 8 heteroatoms. The fourth-order valence-electron chi connectivity index (χ4n) is 3.01. The largest absolute Gasteiger partial charge is 0.378 e. The number of amides is 1. The predicted molar refractivity (Wildman–Crippen MR) is 83.3 cm³/mol. The second-order valence-electron chi connectivity index (χ2n) is 5.59. The van der Waals surface area contributed by atoms with Crippen LogP contribution in [0.3, 0.4) is 0 Å². The van der Waals surface area contributed by atoms with Crippen molar-refractivity contribution >= 4 is 27.2 Å². The van der Waals surface area contributed by atoms with Crippen LogP contribution in [0.4, 0.5) is 10.0 Å². The molecule has 1 atom stereocenters. The average Bonchev–Trinajstić information content (AvgIpc) is 3.05. The lowest BCUT2D eigenvalue weighted by Gasteiger charge is -2.36. The molecule has 1 aromatic rings. The predicted octanol–water partition coefficient (Wildman–Crippen LogP) is 1.73. The number of anilines is 1. The number of nitrogens with zero attached hydrogens (tertiary/aromatic N) is 3. The van der Waals surface area contributed by atoms with E-state index in [1.165, 1.54) is 17.4 Å². The van der Waals surface area contributed by atoms with Crippen molar-refractivity contribution in [2.75, 3.05) is 44.3 Å².